The van der Waals surface area contributed by atoms with Gasteiger partial charge in [-0.25, -0.2) is 9.07 Å². The van der Waals surface area contributed by atoms with Gasteiger partial charge in [0.2, 0.25) is 0 Å². The molecule has 1 aromatic heterocycles. The van der Waals surface area contributed by atoms with E-state index in [-0.39, 0.29) is 12.2 Å². The van der Waals surface area contributed by atoms with Crippen molar-refractivity contribution in [1.29, 1.82) is 5.26 Å². The molecule has 1 fully saturated rings. The summed E-state index contributed by atoms with van der Waals surface area (Å²) in [7, 11) is 0. The van der Waals surface area contributed by atoms with Gasteiger partial charge in [-0.3, -0.25) is 4.90 Å². The van der Waals surface area contributed by atoms with Gasteiger partial charge in [-0.15, -0.1) is 0 Å². The molecule has 4 rings (SSSR count). The number of benzene rings is 2. The highest BCUT2D eigenvalue weighted by Gasteiger charge is 2.17. The van der Waals surface area contributed by atoms with Crippen molar-refractivity contribution in [2.75, 3.05) is 50.0 Å². The van der Waals surface area contributed by atoms with Gasteiger partial charge >= 0.3 is 0 Å². The number of aliphatic hydroxyl groups is 1. The largest absolute Gasteiger partial charge is 0.395 e. The first-order valence-corrected chi connectivity index (χ1v) is 9.83. The normalized spacial score (nSPS) is 14.6. The minimum absolute atomic E-state index is 0.000984. The Morgan fingerprint density at radius 1 is 1.03 bits per heavy atom. The van der Waals surface area contributed by atoms with Crippen molar-refractivity contribution in [3.63, 3.8) is 0 Å². The second-order valence-electron chi connectivity index (χ2n) is 7.24. The summed E-state index contributed by atoms with van der Waals surface area (Å²) in [6.45, 7) is 4.60. The molecule has 0 radical (unpaired) electrons. The van der Waals surface area contributed by atoms with Gasteiger partial charge in [-0.05, 0) is 36.4 Å². The third-order valence-corrected chi connectivity index (χ3v) is 5.37. The van der Waals surface area contributed by atoms with E-state index in [1.807, 2.05) is 30.3 Å². The lowest BCUT2D eigenvalue weighted by molar-refractivity contribution is 0.189. The van der Waals surface area contributed by atoms with Crippen molar-refractivity contribution >= 4 is 11.5 Å². The molecular weight excluding hydrogens is 383 g/mol. The number of piperazine rings is 1. The summed E-state index contributed by atoms with van der Waals surface area (Å²) in [5.41, 5.74) is 9.19. The number of halogens is 1. The predicted molar refractivity (Wildman–Crippen MR) is 114 cm³/mol. The van der Waals surface area contributed by atoms with E-state index in [2.05, 4.69) is 14.9 Å². The molecule has 2 aromatic carbocycles. The molecule has 3 aromatic rings. The molecule has 2 heterocycles. The average Bonchev–Trinajstić information content (AvgIpc) is 3.16. The summed E-state index contributed by atoms with van der Waals surface area (Å²) in [5, 5.41) is 22.5. The molecule has 0 aliphatic carbocycles. The summed E-state index contributed by atoms with van der Waals surface area (Å²) in [6.07, 6.45) is 0. The monoisotopic (exact) mass is 406 g/mol. The fourth-order valence-electron chi connectivity index (χ4n) is 3.68. The van der Waals surface area contributed by atoms with E-state index >= 15 is 0 Å². The Bertz CT molecular complexity index is 1060. The fraction of sp³-hybridized carbons (Fsp3) is 0.273. The number of nitrogens with two attached hydrogens (primary N) is 1. The van der Waals surface area contributed by atoms with Gasteiger partial charge in [0.1, 0.15) is 17.7 Å². The van der Waals surface area contributed by atoms with Gasteiger partial charge in [0, 0.05) is 50.0 Å². The SMILES string of the molecule is N#Cc1ccc(-c2cc(N)n(-c3ccc(N4CCN(CCO)CC4)cc3)n2)cc1F. The minimum atomic E-state index is -0.577. The highest BCUT2D eigenvalue weighted by atomic mass is 19.1. The number of nitriles is 1. The number of aromatic nitrogens is 2. The Morgan fingerprint density at radius 2 is 1.73 bits per heavy atom. The highest BCUT2D eigenvalue weighted by Crippen LogP contribution is 2.26. The van der Waals surface area contributed by atoms with Crippen LogP contribution in [0.2, 0.25) is 0 Å². The molecule has 0 saturated carbocycles. The zero-order valence-electron chi connectivity index (χ0n) is 16.5. The molecule has 0 bridgehead atoms. The first-order valence-electron chi connectivity index (χ1n) is 9.83. The Hall–Kier alpha value is -3.41. The van der Waals surface area contributed by atoms with Crippen LogP contribution in [0, 0.1) is 17.1 Å². The predicted octanol–water partition coefficient (Wildman–Crippen LogP) is 2.25. The van der Waals surface area contributed by atoms with Crippen LogP contribution < -0.4 is 10.6 Å². The number of hydrogen-bond acceptors (Lipinski definition) is 6. The molecule has 1 saturated heterocycles. The summed E-state index contributed by atoms with van der Waals surface area (Å²) < 4.78 is 15.6. The lowest BCUT2D eigenvalue weighted by Crippen LogP contribution is -2.47. The molecule has 1 aliphatic rings. The van der Waals surface area contributed by atoms with Gasteiger partial charge in [0.15, 0.2) is 0 Å². The van der Waals surface area contributed by atoms with E-state index in [0.29, 0.717) is 17.1 Å². The molecule has 0 atom stereocenters. The zero-order valence-corrected chi connectivity index (χ0v) is 16.5. The number of rotatable bonds is 5. The number of anilines is 2. The first kappa shape index (κ1) is 19.9. The molecule has 3 N–H and O–H groups in total. The lowest BCUT2D eigenvalue weighted by Gasteiger charge is -2.35. The van der Waals surface area contributed by atoms with Gasteiger partial charge in [-0.1, -0.05) is 6.07 Å². The molecule has 0 spiro atoms. The minimum Gasteiger partial charge on any atom is -0.395 e. The number of nitrogen functional groups attached to an aromatic ring is 1. The summed E-state index contributed by atoms with van der Waals surface area (Å²) in [5.74, 6) is -0.133. The second kappa shape index (κ2) is 8.53. The maximum absolute atomic E-state index is 13.9. The molecule has 0 unspecified atom stereocenters. The van der Waals surface area contributed by atoms with Crippen LogP contribution in [-0.2, 0) is 0 Å². The summed E-state index contributed by atoms with van der Waals surface area (Å²) in [4.78, 5) is 4.57. The van der Waals surface area contributed by atoms with E-state index in [9.17, 15) is 4.39 Å². The zero-order chi connectivity index (χ0) is 21.1. The van der Waals surface area contributed by atoms with Crippen molar-refractivity contribution in [3.05, 3.63) is 59.9 Å². The number of hydrogen-bond donors (Lipinski definition) is 2. The standard InChI is InChI=1S/C22H23FN6O/c23-20-13-16(1-2-17(20)15-24)21-14-22(25)29(26-21)19-5-3-18(4-6-19)28-9-7-27(8-10-28)11-12-30/h1-6,13-14,30H,7-12,25H2. The second-order valence-corrected chi connectivity index (χ2v) is 7.24. The fourth-order valence-corrected chi connectivity index (χ4v) is 3.68. The third-order valence-electron chi connectivity index (χ3n) is 5.37. The lowest BCUT2D eigenvalue weighted by atomic mass is 10.1. The van der Waals surface area contributed by atoms with Crippen LogP contribution in [0.3, 0.4) is 0 Å². The average molecular weight is 406 g/mol. The van der Waals surface area contributed by atoms with Crippen LogP contribution in [0.1, 0.15) is 5.56 Å². The summed E-state index contributed by atoms with van der Waals surface area (Å²) >= 11 is 0. The quantitative estimate of drug-likeness (QED) is 0.675. The molecule has 154 valence electrons. The van der Waals surface area contributed by atoms with E-state index in [1.54, 1.807) is 16.8 Å². The van der Waals surface area contributed by atoms with Crippen molar-refractivity contribution in [3.8, 4) is 23.0 Å². The van der Waals surface area contributed by atoms with Gasteiger partial charge < -0.3 is 15.7 Å². The van der Waals surface area contributed by atoms with Crippen molar-refractivity contribution in [2.45, 2.75) is 0 Å². The molecule has 8 heteroatoms. The van der Waals surface area contributed by atoms with E-state index in [0.717, 1.165) is 44.1 Å². The molecular formula is C22H23FN6O. The molecule has 30 heavy (non-hydrogen) atoms. The van der Waals surface area contributed by atoms with Crippen molar-refractivity contribution in [2.24, 2.45) is 0 Å². The van der Waals surface area contributed by atoms with Gasteiger partial charge in [-0.2, -0.15) is 10.4 Å². The Kier molecular flexibility index (Phi) is 5.65. The third kappa shape index (κ3) is 3.99. The maximum Gasteiger partial charge on any atom is 0.141 e. The van der Waals surface area contributed by atoms with Crippen LogP contribution in [0.5, 0.6) is 0 Å². The van der Waals surface area contributed by atoms with Crippen molar-refractivity contribution in [1.82, 2.24) is 14.7 Å². The Morgan fingerprint density at radius 3 is 2.37 bits per heavy atom. The van der Waals surface area contributed by atoms with Crippen LogP contribution in [0.15, 0.2) is 48.5 Å². The molecule has 1 aliphatic heterocycles. The maximum atomic E-state index is 13.9. The van der Waals surface area contributed by atoms with E-state index in [1.165, 1.54) is 12.1 Å². The van der Waals surface area contributed by atoms with Crippen LogP contribution >= 0.6 is 0 Å². The van der Waals surface area contributed by atoms with Crippen LogP contribution in [-0.4, -0.2) is 59.1 Å². The number of nitrogens with zero attached hydrogens (tertiary/aromatic N) is 5. The smallest absolute Gasteiger partial charge is 0.141 e. The van der Waals surface area contributed by atoms with Gasteiger partial charge in [0.25, 0.3) is 0 Å². The highest BCUT2D eigenvalue weighted by molar-refractivity contribution is 5.65. The van der Waals surface area contributed by atoms with Crippen molar-refractivity contribution < 1.29 is 9.50 Å². The Balaban J connectivity index is 1.51. The first-order chi connectivity index (χ1) is 14.6. The van der Waals surface area contributed by atoms with Crippen LogP contribution in [0.4, 0.5) is 15.9 Å². The molecule has 7 nitrogen and oxygen atoms in total. The Labute approximate surface area is 174 Å². The molecule has 0 amide bonds. The van der Waals surface area contributed by atoms with E-state index < -0.39 is 5.82 Å². The number of aliphatic hydroxyl groups excluding tert-OH is 1. The number of β-amino-alcohol motifs (C(OH)–C–C–N with tert-alkyl or cyclic N) is 1. The van der Waals surface area contributed by atoms with Crippen LogP contribution in [0.25, 0.3) is 16.9 Å². The topological polar surface area (TPSA) is 94.3 Å². The van der Waals surface area contributed by atoms with Gasteiger partial charge in [0.05, 0.1) is 23.6 Å². The van der Waals surface area contributed by atoms with E-state index in [4.69, 9.17) is 16.1 Å². The summed E-state index contributed by atoms with van der Waals surface area (Å²) in [6, 6.07) is 15.9.